The number of thioether (sulfide) groups is 1. The lowest BCUT2D eigenvalue weighted by Gasteiger charge is -2.22. The number of benzene rings is 3. The number of aliphatic hydroxyl groups excluding tert-OH is 1. The van der Waals surface area contributed by atoms with E-state index in [1.165, 1.54) is 28.8 Å². The fraction of sp³-hybridized carbons (Fsp3) is 0.200. The number of Topliss-reactive ketones (excluding diaryl/α,β-unsaturated/α-hetero) is 1. The zero-order valence-corrected chi connectivity index (χ0v) is 24.3. The molecule has 1 aliphatic rings. The van der Waals surface area contributed by atoms with Crippen molar-refractivity contribution in [3.8, 4) is 5.75 Å². The Balaban J connectivity index is 1.47. The number of hydrogen-bond donors (Lipinski definition) is 1. The molecule has 41 heavy (non-hydrogen) atoms. The summed E-state index contributed by atoms with van der Waals surface area (Å²) in [5, 5.41) is 20.5. The van der Waals surface area contributed by atoms with Gasteiger partial charge in [0.15, 0.2) is 4.34 Å². The maximum absolute atomic E-state index is 13.4. The van der Waals surface area contributed by atoms with E-state index >= 15 is 0 Å². The lowest BCUT2D eigenvalue weighted by Crippen LogP contribution is -2.29. The Hall–Kier alpha value is -3.73. The van der Waals surface area contributed by atoms with Crippen LogP contribution in [-0.4, -0.2) is 33.6 Å². The molecule has 1 saturated heterocycles. The molecule has 0 bridgehead atoms. The zero-order chi connectivity index (χ0) is 28.9. The maximum Gasteiger partial charge on any atom is 0.301 e. The van der Waals surface area contributed by atoms with Crippen LogP contribution in [-0.2, 0) is 15.3 Å². The number of hydrogen-bond acceptors (Lipinski definition) is 8. The number of amides is 1. The number of aliphatic hydroxyl groups is 1. The van der Waals surface area contributed by atoms with Crippen molar-refractivity contribution in [1.29, 1.82) is 0 Å². The highest BCUT2D eigenvalue weighted by molar-refractivity contribution is 8.00. The Bertz CT molecular complexity index is 1570. The minimum atomic E-state index is -0.948. The minimum Gasteiger partial charge on any atom is -0.507 e. The summed E-state index contributed by atoms with van der Waals surface area (Å²) in [6, 6.07) is 18.7. The lowest BCUT2D eigenvalue weighted by atomic mass is 9.95. The van der Waals surface area contributed by atoms with E-state index < -0.39 is 17.7 Å². The Morgan fingerprint density at radius 3 is 2.44 bits per heavy atom. The summed E-state index contributed by atoms with van der Waals surface area (Å²) < 4.78 is 19.5. The summed E-state index contributed by atoms with van der Waals surface area (Å²) >= 11 is 8.65. The summed E-state index contributed by atoms with van der Waals surface area (Å²) in [7, 11) is 0. The molecule has 4 aromatic rings. The molecule has 7 nitrogen and oxygen atoms in total. The molecular weight excluding hydrogens is 585 g/mol. The molecule has 3 aromatic carbocycles. The van der Waals surface area contributed by atoms with Crippen LogP contribution in [0.4, 0.5) is 9.52 Å². The molecule has 2 heterocycles. The molecule has 0 spiro atoms. The molecule has 0 radical (unpaired) electrons. The second-order valence-electron chi connectivity index (χ2n) is 9.21. The first kappa shape index (κ1) is 28.8. The first-order chi connectivity index (χ1) is 19.9. The van der Waals surface area contributed by atoms with Gasteiger partial charge in [0.1, 0.15) is 17.3 Å². The largest absolute Gasteiger partial charge is 0.507 e. The molecule has 11 heteroatoms. The first-order valence-corrected chi connectivity index (χ1v) is 15.0. The Morgan fingerprint density at radius 2 is 1.76 bits per heavy atom. The number of rotatable bonds is 10. The van der Waals surface area contributed by atoms with Crippen molar-refractivity contribution in [3.63, 3.8) is 0 Å². The number of ketones is 1. The second kappa shape index (κ2) is 12.8. The van der Waals surface area contributed by atoms with E-state index in [-0.39, 0.29) is 22.3 Å². The number of nitrogens with zero attached hydrogens (tertiary/aromatic N) is 3. The van der Waals surface area contributed by atoms with Gasteiger partial charge in [0.25, 0.3) is 5.78 Å². The van der Waals surface area contributed by atoms with Crippen molar-refractivity contribution < 1.29 is 23.8 Å². The number of anilines is 1. The number of carbonyl (C=O) groups excluding carboxylic acids is 2. The van der Waals surface area contributed by atoms with Gasteiger partial charge in [-0.25, -0.2) is 4.39 Å². The van der Waals surface area contributed by atoms with Crippen LogP contribution in [0.15, 0.2) is 82.7 Å². The minimum absolute atomic E-state index is 0.0623. The van der Waals surface area contributed by atoms with Crippen LogP contribution in [0.5, 0.6) is 5.75 Å². The molecule has 1 N–H and O–H groups in total. The van der Waals surface area contributed by atoms with Gasteiger partial charge in [0, 0.05) is 16.3 Å². The number of aromatic nitrogens is 2. The SMILES string of the molecule is CCCCOc1ccc(/C(O)=C2/C(=O)C(=O)N(c3nnc(SCc4ccc(F)cc4)s3)C2c2ccc(Cl)cc2)cc1. The van der Waals surface area contributed by atoms with Crippen LogP contribution in [0.2, 0.25) is 5.02 Å². The standard InChI is InChI=1S/C30H25ClFN3O4S2/c1-2-3-16-39-23-14-8-20(9-15-23)26(36)24-25(19-6-10-21(31)11-7-19)35(28(38)27(24)37)29-33-34-30(41-29)40-17-18-4-12-22(32)13-5-18/h4-15,25,36H,2-3,16-17H2,1H3/b26-24-. The van der Waals surface area contributed by atoms with Crippen LogP contribution in [0, 0.1) is 5.82 Å². The number of carbonyl (C=O) groups is 2. The van der Waals surface area contributed by atoms with Crippen molar-refractivity contribution in [2.24, 2.45) is 0 Å². The average molecular weight is 610 g/mol. The van der Waals surface area contributed by atoms with E-state index in [0.29, 0.717) is 38.6 Å². The Kier molecular flexibility index (Phi) is 9.02. The third-order valence-corrected chi connectivity index (χ3v) is 8.78. The fourth-order valence-electron chi connectivity index (χ4n) is 4.27. The molecule has 1 fully saturated rings. The van der Waals surface area contributed by atoms with Gasteiger partial charge in [-0.2, -0.15) is 0 Å². The van der Waals surface area contributed by atoms with E-state index in [9.17, 15) is 19.1 Å². The van der Waals surface area contributed by atoms with Crippen LogP contribution >= 0.6 is 34.7 Å². The van der Waals surface area contributed by atoms with E-state index in [1.807, 2.05) is 0 Å². The van der Waals surface area contributed by atoms with Gasteiger partial charge >= 0.3 is 5.91 Å². The highest BCUT2D eigenvalue weighted by Gasteiger charge is 2.48. The summed E-state index contributed by atoms with van der Waals surface area (Å²) in [6.07, 6.45) is 1.93. The third kappa shape index (κ3) is 6.45. The van der Waals surface area contributed by atoms with Gasteiger partial charge in [-0.15, -0.1) is 10.2 Å². The average Bonchev–Trinajstić information content (AvgIpc) is 3.55. The predicted molar refractivity (Wildman–Crippen MR) is 159 cm³/mol. The van der Waals surface area contributed by atoms with Gasteiger partial charge in [-0.1, -0.05) is 72.3 Å². The molecule has 5 rings (SSSR count). The molecule has 1 atom stereocenters. The van der Waals surface area contributed by atoms with E-state index in [1.54, 1.807) is 60.7 Å². The summed E-state index contributed by atoms with van der Waals surface area (Å²) in [5.74, 6) is -1.11. The van der Waals surface area contributed by atoms with Crippen molar-refractivity contribution in [2.75, 3.05) is 11.5 Å². The zero-order valence-electron chi connectivity index (χ0n) is 21.9. The van der Waals surface area contributed by atoms with Crippen LogP contribution < -0.4 is 9.64 Å². The first-order valence-electron chi connectivity index (χ1n) is 12.9. The molecule has 210 valence electrons. The quantitative estimate of drug-likeness (QED) is 0.0499. The lowest BCUT2D eigenvalue weighted by molar-refractivity contribution is -0.132. The Morgan fingerprint density at radius 1 is 1.05 bits per heavy atom. The smallest absolute Gasteiger partial charge is 0.301 e. The van der Waals surface area contributed by atoms with Crippen LogP contribution in [0.25, 0.3) is 5.76 Å². The van der Waals surface area contributed by atoms with Gasteiger partial charge in [-0.3, -0.25) is 14.5 Å². The van der Waals surface area contributed by atoms with Crippen molar-refractivity contribution in [3.05, 3.63) is 106 Å². The molecule has 1 aliphatic heterocycles. The third-order valence-electron chi connectivity index (χ3n) is 6.40. The van der Waals surface area contributed by atoms with E-state index in [4.69, 9.17) is 16.3 Å². The van der Waals surface area contributed by atoms with E-state index in [2.05, 4.69) is 17.1 Å². The van der Waals surface area contributed by atoms with Crippen LogP contribution in [0.1, 0.15) is 42.5 Å². The summed E-state index contributed by atoms with van der Waals surface area (Å²) in [4.78, 5) is 28.1. The molecule has 1 unspecified atom stereocenters. The summed E-state index contributed by atoms with van der Waals surface area (Å²) in [6.45, 7) is 2.65. The number of halogens is 2. The summed E-state index contributed by atoms with van der Waals surface area (Å²) in [5.41, 5.74) is 1.78. The molecule has 0 aliphatic carbocycles. The van der Waals surface area contributed by atoms with Crippen LogP contribution in [0.3, 0.4) is 0 Å². The van der Waals surface area contributed by atoms with Crippen molar-refractivity contribution in [1.82, 2.24) is 10.2 Å². The Labute approximate surface area is 249 Å². The van der Waals surface area contributed by atoms with Gasteiger partial charge in [-0.05, 0) is 66.1 Å². The monoisotopic (exact) mass is 609 g/mol. The van der Waals surface area contributed by atoms with Gasteiger partial charge in [0.2, 0.25) is 5.13 Å². The van der Waals surface area contributed by atoms with Gasteiger partial charge in [0.05, 0.1) is 18.2 Å². The molecule has 1 amide bonds. The highest BCUT2D eigenvalue weighted by Crippen LogP contribution is 2.44. The van der Waals surface area contributed by atoms with Crippen molar-refractivity contribution >= 4 is 57.3 Å². The van der Waals surface area contributed by atoms with Gasteiger partial charge < -0.3 is 9.84 Å². The van der Waals surface area contributed by atoms with Crippen molar-refractivity contribution in [2.45, 2.75) is 35.9 Å². The molecule has 1 aromatic heterocycles. The fourth-order valence-corrected chi connectivity index (χ4v) is 6.22. The number of ether oxygens (including phenoxy) is 1. The predicted octanol–water partition coefficient (Wildman–Crippen LogP) is 7.43. The molecular formula is C30H25ClFN3O4S2. The number of unbranched alkanes of at least 4 members (excludes halogenated alkanes) is 1. The highest BCUT2D eigenvalue weighted by atomic mass is 35.5. The molecule has 0 saturated carbocycles. The second-order valence-corrected chi connectivity index (χ2v) is 11.8. The topological polar surface area (TPSA) is 92.6 Å². The maximum atomic E-state index is 13.4. The normalized spacial score (nSPS) is 16.4. The van der Waals surface area contributed by atoms with E-state index in [0.717, 1.165) is 29.7 Å².